The Balaban J connectivity index is 2.23. The van der Waals surface area contributed by atoms with Crippen molar-refractivity contribution in [3.63, 3.8) is 0 Å². The van der Waals surface area contributed by atoms with Gasteiger partial charge in [-0.15, -0.1) is 11.3 Å². The Hall–Kier alpha value is -1.36. The molecule has 0 fully saturated rings. The maximum Gasteiger partial charge on any atom is 0.341 e. The molecule has 1 atom stereocenters. The average molecular weight is 352 g/mol. The quantitative estimate of drug-likeness (QED) is 0.674. The molecule has 0 saturated heterocycles. The van der Waals surface area contributed by atoms with Gasteiger partial charge >= 0.3 is 5.97 Å². The van der Waals surface area contributed by atoms with Crippen molar-refractivity contribution in [2.24, 2.45) is 5.92 Å². The molecule has 1 aliphatic carbocycles. The number of rotatable bonds is 8. The molecular formula is C19H29NO3S. The van der Waals surface area contributed by atoms with Gasteiger partial charge in [-0.25, -0.2) is 4.79 Å². The second-order valence-corrected chi connectivity index (χ2v) is 7.48. The van der Waals surface area contributed by atoms with Crippen LogP contribution in [0.5, 0.6) is 0 Å². The van der Waals surface area contributed by atoms with Crippen LogP contribution in [0.2, 0.25) is 0 Å². The van der Waals surface area contributed by atoms with Gasteiger partial charge in [0.25, 0.3) is 0 Å². The molecule has 1 heterocycles. The summed E-state index contributed by atoms with van der Waals surface area (Å²) in [7, 11) is 0. The highest BCUT2D eigenvalue weighted by Gasteiger charge is 2.28. The van der Waals surface area contributed by atoms with Crippen molar-refractivity contribution in [1.29, 1.82) is 0 Å². The van der Waals surface area contributed by atoms with Crippen LogP contribution >= 0.6 is 11.3 Å². The van der Waals surface area contributed by atoms with Crippen LogP contribution in [0.4, 0.5) is 5.00 Å². The number of carbonyl (C=O) groups excluding carboxylic acids is 2. The first-order chi connectivity index (χ1) is 11.6. The lowest BCUT2D eigenvalue weighted by atomic mass is 9.95. The van der Waals surface area contributed by atoms with Gasteiger partial charge in [-0.2, -0.15) is 0 Å². The maximum absolute atomic E-state index is 12.6. The lowest BCUT2D eigenvalue weighted by Gasteiger charge is -2.15. The van der Waals surface area contributed by atoms with Crippen LogP contribution in [-0.2, 0) is 22.4 Å². The first-order valence-electron chi connectivity index (χ1n) is 9.24. The van der Waals surface area contributed by atoms with Crippen molar-refractivity contribution in [3.05, 3.63) is 16.0 Å². The van der Waals surface area contributed by atoms with E-state index in [1.807, 2.05) is 13.8 Å². The molecule has 1 aliphatic rings. The molecule has 1 amide bonds. The molecule has 4 nitrogen and oxygen atoms in total. The molecule has 1 aromatic heterocycles. The standard InChI is InChI=1S/C19H29NO3S/c1-4-7-10-13(5-2)17(21)20-18-16(19(22)23-6-3)14-11-8-9-12-15(14)24-18/h13H,4-12H2,1-3H3,(H,20,21)/t13-/m0/s1. The van der Waals surface area contributed by atoms with E-state index in [4.69, 9.17) is 4.74 Å². The zero-order chi connectivity index (χ0) is 17.5. The van der Waals surface area contributed by atoms with E-state index in [9.17, 15) is 9.59 Å². The van der Waals surface area contributed by atoms with Crippen molar-refractivity contribution in [2.75, 3.05) is 11.9 Å². The number of unbranched alkanes of at least 4 members (excludes halogenated alkanes) is 1. The van der Waals surface area contributed by atoms with Crippen LogP contribution < -0.4 is 5.32 Å². The van der Waals surface area contributed by atoms with E-state index in [1.54, 1.807) is 11.3 Å². The highest BCUT2D eigenvalue weighted by Crippen LogP contribution is 2.39. The van der Waals surface area contributed by atoms with Crippen LogP contribution in [0.15, 0.2) is 0 Å². The molecule has 0 unspecified atom stereocenters. The number of thiophene rings is 1. The lowest BCUT2D eigenvalue weighted by Crippen LogP contribution is -2.23. The second-order valence-electron chi connectivity index (χ2n) is 6.37. The van der Waals surface area contributed by atoms with E-state index < -0.39 is 0 Å². The van der Waals surface area contributed by atoms with E-state index >= 15 is 0 Å². The Morgan fingerprint density at radius 2 is 1.96 bits per heavy atom. The third-order valence-electron chi connectivity index (χ3n) is 4.66. The minimum Gasteiger partial charge on any atom is -0.462 e. The Morgan fingerprint density at radius 3 is 2.62 bits per heavy atom. The topological polar surface area (TPSA) is 55.4 Å². The molecule has 5 heteroatoms. The fraction of sp³-hybridized carbons (Fsp3) is 0.684. The van der Waals surface area contributed by atoms with Gasteiger partial charge in [0.1, 0.15) is 5.00 Å². The maximum atomic E-state index is 12.6. The van der Waals surface area contributed by atoms with Gasteiger partial charge < -0.3 is 10.1 Å². The summed E-state index contributed by atoms with van der Waals surface area (Å²) in [6, 6.07) is 0. The second kappa shape index (κ2) is 9.21. The molecule has 2 rings (SSSR count). The average Bonchev–Trinajstić information content (AvgIpc) is 2.93. The van der Waals surface area contributed by atoms with Gasteiger partial charge in [0.2, 0.25) is 5.91 Å². The highest BCUT2D eigenvalue weighted by molar-refractivity contribution is 7.17. The summed E-state index contributed by atoms with van der Waals surface area (Å²) in [5.74, 6) is -0.247. The lowest BCUT2D eigenvalue weighted by molar-refractivity contribution is -0.120. The van der Waals surface area contributed by atoms with Gasteiger partial charge in [-0.3, -0.25) is 4.79 Å². The molecule has 0 bridgehead atoms. The molecule has 0 spiro atoms. The molecule has 0 aliphatic heterocycles. The number of nitrogens with one attached hydrogen (secondary N) is 1. The molecular weight excluding hydrogens is 322 g/mol. The van der Waals surface area contributed by atoms with Gasteiger partial charge in [-0.1, -0.05) is 26.7 Å². The summed E-state index contributed by atoms with van der Waals surface area (Å²) < 4.78 is 5.24. The zero-order valence-electron chi connectivity index (χ0n) is 15.1. The van der Waals surface area contributed by atoms with Crippen LogP contribution in [0, 0.1) is 5.92 Å². The van der Waals surface area contributed by atoms with Crippen molar-refractivity contribution in [3.8, 4) is 0 Å². The number of carbonyl (C=O) groups is 2. The molecule has 1 aromatic rings. The van der Waals surface area contributed by atoms with E-state index in [0.29, 0.717) is 17.2 Å². The number of ether oxygens (including phenoxy) is 1. The fourth-order valence-electron chi connectivity index (χ4n) is 3.26. The Morgan fingerprint density at radius 1 is 1.21 bits per heavy atom. The largest absolute Gasteiger partial charge is 0.462 e. The minimum atomic E-state index is -0.297. The predicted molar refractivity (Wildman–Crippen MR) is 98.9 cm³/mol. The minimum absolute atomic E-state index is 0.0131. The van der Waals surface area contributed by atoms with E-state index in [1.165, 1.54) is 4.88 Å². The Kier molecular flexibility index (Phi) is 7.28. The van der Waals surface area contributed by atoms with Gasteiger partial charge in [0.05, 0.1) is 12.2 Å². The van der Waals surface area contributed by atoms with Crippen LogP contribution in [-0.4, -0.2) is 18.5 Å². The SMILES string of the molecule is CCCC[C@H](CC)C(=O)Nc1sc2c(c1C(=O)OCC)CCCC2. The van der Waals surface area contributed by atoms with Crippen LogP contribution in [0.3, 0.4) is 0 Å². The normalized spacial score (nSPS) is 14.8. The Labute approximate surface area is 149 Å². The van der Waals surface area contributed by atoms with Crippen molar-refractivity contribution >= 4 is 28.2 Å². The molecule has 0 radical (unpaired) electrons. The van der Waals surface area contributed by atoms with Crippen molar-refractivity contribution < 1.29 is 14.3 Å². The number of anilines is 1. The smallest absolute Gasteiger partial charge is 0.341 e. The monoisotopic (exact) mass is 351 g/mol. The van der Waals surface area contributed by atoms with E-state index in [0.717, 1.165) is 56.9 Å². The van der Waals surface area contributed by atoms with Gasteiger partial charge in [0, 0.05) is 10.8 Å². The summed E-state index contributed by atoms with van der Waals surface area (Å²) >= 11 is 1.56. The molecule has 0 saturated carbocycles. The molecule has 1 N–H and O–H groups in total. The highest BCUT2D eigenvalue weighted by atomic mass is 32.1. The summed E-state index contributed by atoms with van der Waals surface area (Å²) in [4.78, 5) is 26.3. The number of aryl methyl sites for hydroxylation is 1. The zero-order valence-corrected chi connectivity index (χ0v) is 15.9. The molecule has 0 aromatic carbocycles. The summed E-state index contributed by atoms with van der Waals surface area (Å²) in [5.41, 5.74) is 1.71. The van der Waals surface area contributed by atoms with E-state index in [-0.39, 0.29) is 17.8 Å². The van der Waals surface area contributed by atoms with Crippen molar-refractivity contribution in [1.82, 2.24) is 0 Å². The Bertz CT molecular complexity index is 579. The summed E-state index contributed by atoms with van der Waals surface area (Å²) in [5, 5.41) is 3.74. The fourth-order valence-corrected chi connectivity index (χ4v) is 4.54. The van der Waals surface area contributed by atoms with E-state index in [2.05, 4.69) is 12.2 Å². The first kappa shape index (κ1) is 19.0. The van der Waals surface area contributed by atoms with Crippen LogP contribution in [0.25, 0.3) is 0 Å². The van der Waals surface area contributed by atoms with Crippen molar-refractivity contribution in [2.45, 2.75) is 72.1 Å². The number of fused-ring (bicyclic) bond motifs is 1. The summed E-state index contributed by atoms with van der Waals surface area (Å²) in [6.07, 6.45) is 8.01. The van der Waals surface area contributed by atoms with Gasteiger partial charge in [-0.05, 0) is 51.0 Å². The molecule has 24 heavy (non-hydrogen) atoms. The third-order valence-corrected chi connectivity index (χ3v) is 5.86. The first-order valence-corrected chi connectivity index (χ1v) is 10.1. The number of hydrogen-bond acceptors (Lipinski definition) is 4. The number of hydrogen-bond donors (Lipinski definition) is 1. The van der Waals surface area contributed by atoms with Crippen LogP contribution in [0.1, 0.15) is 80.1 Å². The third kappa shape index (κ3) is 4.38. The number of esters is 1. The molecule has 134 valence electrons. The van der Waals surface area contributed by atoms with Gasteiger partial charge in [0.15, 0.2) is 0 Å². The summed E-state index contributed by atoms with van der Waals surface area (Å²) in [6.45, 7) is 6.35. The predicted octanol–water partition coefficient (Wildman–Crippen LogP) is 4.96. The number of amides is 1.